The number of thiophene rings is 1. The van der Waals surface area contributed by atoms with Gasteiger partial charge in [-0.15, -0.1) is 0 Å². The number of hydrogen-bond acceptors (Lipinski definition) is 4. The monoisotopic (exact) mass is 277 g/mol. The highest BCUT2D eigenvalue weighted by Gasteiger charge is 2.08. The van der Waals surface area contributed by atoms with Crippen LogP contribution in [0.3, 0.4) is 0 Å². The standard InChI is InChI=1S/C15H19NO2S/c1-11(16)13-3-4-14(15(9-13)17-2)18-7-5-12-6-8-19-10-12/h3-4,6,8-11H,5,7,16H2,1-2H3/t11-/m0/s1. The minimum absolute atomic E-state index is 0.00578. The van der Waals surface area contributed by atoms with Gasteiger partial charge in [0.2, 0.25) is 0 Å². The number of nitrogens with two attached hydrogens (primary N) is 1. The van der Waals surface area contributed by atoms with Gasteiger partial charge >= 0.3 is 0 Å². The Hall–Kier alpha value is -1.52. The molecule has 102 valence electrons. The fraction of sp³-hybridized carbons (Fsp3) is 0.333. The van der Waals surface area contributed by atoms with Crippen LogP contribution in [-0.2, 0) is 6.42 Å². The van der Waals surface area contributed by atoms with E-state index in [0.717, 1.165) is 23.5 Å². The van der Waals surface area contributed by atoms with E-state index in [1.165, 1.54) is 5.56 Å². The number of rotatable bonds is 6. The Labute approximate surface area is 118 Å². The summed E-state index contributed by atoms with van der Waals surface area (Å²) in [6, 6.07) is 7.95. The highest BCUT2D eigenvalue weighted by Crippen LogP contribution is 2.29. The van der Waals surface area contributed by atoms with Crippen molar-refractivity contribution in [3.05, 3.63) is 46.2 Å². The minimum Gasteiger partial charge on any atom is -0.493 e. The van der Waals surface area contributed by atoms with E-state index in [0.29, 0.717) is 6.61 Å². The van der Waals surface area contributed by atoms with E-state index in [-0.39, 0.29) is 6.04 Å². The Morgan fingerprint density at radius 3 is 2.74 bits per heavy atom. The van der Waals surface area contributed by atoms with Crippen molar-refractivity contribution >= 4 is 11.3 Å². The lowest BCUT2D eigenvalue weighted by Gasteiger charge is -2.13. The molecule has 0 saturated heterocycles. The Balaban J connectivity index is 1.99. The molecule has 0 aliphatic heterocycles. The van der Waals surface area contributed by atoms with E-state index in [9.17, 15) is 0 Å². The van der Waals surface area contributed by atoms with Gasteiger partial charge in [0, 0.05) is 12.5 Å². The molecule has 2 aromatic rings. The number of hydrogen-bond donors (Lipinski definition) is 1. The van der Waals surface area contributed by atoms with E-state index >= 15 is 0 Å². The van der Waals surface area contributed by atoms with Gasteiger partial charge in [0.1, 0.15) is 0 Å². The van der Waals surface area contributed by atoms with Crippen molar-refractivity contribution in [1.29, 1.82) is 0 Å². The molecule has 4 heteroatoms. The van der Waals surface area contributed by atoms with Crippen LogP contribution in [0.2, 0.25) is 0 Å². The van der Waals surface area contributed by atoms with Gasteiger partial charge in [-0.25, -0.2) is 0 Å². The van der Waals surface area contributed by atoms with Crippen molar-refractivity contribution in [2.75, 3.05) is 13.7 Å². The molecule has 0 amide bonds. The van der Waals surface area contributed by atoms with Gasteiger partial charge in [0.05, 0.1) is 13.7 Å². The van der Waals surface area contributed by atoms with Gasteiger partial charge in [-0.1, -0.05) is 6.07 Å². The molecule has 3 nitrogen and oxygen atoms in total. The molecule has 1 heterocycles. The summed E-state index contributed by atoms with van der Waals surface area (Å²) in [6.45, 7) is 2.59. The average Bonchev–Trinajstić information content (AvgIpc) is 2.92. The normalized spacial score (nSPS) is 12.2. The Bertz CT molecular complexity index is 509. The van der Waals surface area contributed by atoms with Crippen molar-refractivity contribution in [2.45, 2.75) is 19.4 Å². The highest BCUT2D eigenvalue weighted by molar-refractivity contribution is 7.07. The number of methoxy groups -OCH3 is 1. The lowest BCUT2D eigenvalue weighted by molar-refractivity contribution is 0.297. The summed E-state index contributed by atoms with van der Waals surface area (Å²) < 4.78 is 11.1. The fourth-order valence-electron chi connectivity index (χ4n) is 1.80. The predicted octanol–water partition coefficient (Wildman–Crippen LogP) is 3.40. The van der Waals surface area contributed by atoms with Crippen LogP contribution in [0.4, 0.5) is 0 Å². The third kappa shape index (κ3) is 3.72. The SMILES string of the molecule is COc1cc([C@H](C)N)ccc1OCCc1ccsc1. The predicted molar refractivity (Wildman–Crippen MR) is 79.1 cm³/mol. The average molecular weight is 277 g/mol. The first kappa shape index (κ1) is 13.9. The van der Waals surface area contributed by atoms with E-state index in [1.54, 1.807) is 18.4 Å². The summed E-state index contributed by atoms with van der Waals surface area (Å²) in [4.78, 5) is 0. The van der Waals surface area contributed by atoms with Gasteiger partial charge in [-0.3, -0.25) is 0 Å². The first-order valence-electron chi connectivity index (χ1n) is 6.28. The molecule has 0 saturated carbocycles. The van der Waals surface area contributed by atoms with Crippen LogP contribution in [-0.4, -0.2) is 13.7 Å². The van der Waals surface area contributed by atoms with Crippen LogP contribution in [0.25, 0.3) is 0 Å². The Kier molecular flexibility index (Phi) is 4.82. The van der Waals surface area contributed by atoms with Crippen molar-refractivity contribution in [1.82, 2.24) is 0 Å². The molecule has 19 heavy (non-hydrogen) atoms. The largest absolute Gasteiger partial charge is 0.493 e. The molecule has 1 atom stereocenters. The molecule has 0 radical (unpaired) electrons. The summed E-state index contributed by atoms with van der Waals surface area (Å²) in [5.41, 5.74) is 8.20. The van der Waals surface area contributed by atoms with Crippen LogP contribution in [0, 0.1) is 0 Å². The first-order valence-corrected chi connectivity index (χ1v) is 7.22. The van der Waals surface area contributed by atoms with Gasteiger partial charge in [-0.2, -0.15) is 11.3 Å². The summed E-state index contributed by atoms with van der Waals surface area (Å²) >= 11 is 1.70. The van der Waals surface area contributed by atoms with Crippen LogP contribution in [0.15, 0.2) is 35.0 Å². The molecule has 0 aliphatic carbocycles. The van der Waals surface area contributed by atoms with E-state index in [2.05, 4.69) is 16.8 Å². The zero-order valence-electron chi connectivity index (χ0n) is 11.3. The topological polar surface area (TPSA) is 44.5 Å². The molecular weight excluding hydrogens is 258 g/mol. The highest BCUT2D eigenvalue weighted by atomic mass is 32.1. The van der Waals surface area contributed by atoms with Gasteiger partial charge in [0.25, 0.3) is 0 Å². The quantitative estimate of drug-likeness (QED) is 0.880. The van der Waals surface area contributed by atoms with Crippen LogP contribution < -0.4 is 15.2 Å². The first-order chi connectivity index (χ1) is 9.20. The van der Waals surface area contributed by atoms with Crippen molar-refractivity contribution in [3.8, 4) is 11.5 Å². The Morgan fingerprint density at radius 2 is 2.11 bits per heavy atom. The summed E-state index contributed by atoms with van der Waals surface area (Å²) in [5.74, 6) is 1.50. The second-order valence-electron chi connectivity index (χ2n) is 4.43. The Morgan fingerprint density at radius 1 is 1.26 bits per heavy atom. The maximum Gasteiger partial charge on any atom is 0.161 e. The van der Waals surface area contributed by atoms with E-state index in [4.69, 9.17) is 15.2 Å². The zero-order chi connectivity index (χ0) is 13.7. The third-order valence-electron chi connectivity index (χ3n) is 2.94. The van der Waals surface area contributed by atoms with Gasteiger partial charge < -0.3 is 15.2 Å². The van der Waals surface area contributed by atoms with Crippen molar-refractivity contribution in [3.63, 3.8) is 0 Å². The van der Waals surface area contributed by atoms with Crippen LogP contribution in [0.5, 0.6) is 11.5 Å². The minimum atomic E-state index is -0.00578. The van der Waals surface area contributed by atoms with E-state index < -0.39 is 0 Å². The fourth-order valence-corrected chi connectivity index (χ4v) is 2.50. The van der Waals surface area contributed by atoms with Crippen molar-refractivity contribution in [2.24, 2.45) is 5.73 Å². The zero-order valence-corrected chi connectivity index (χ0v) is 12.1. The van der Waals surface area contributed by atoms with Crippen molar-refractivity contribution < 1.29 is 9.47 Å². The molecule has 2 N–H and O–H groups in total. The molecule has 0 bridgehead atoms. The number of benzene rings is 1. The molecule has 0 spiro atoms. The maximum absolute atomic E-state index is 5.86. The lowest BCUT2D eigenvalue weighted by atomic mass is 10.1. The van der Waals surface area contributed by atoms with E-state index in [1.807, 2.05) is 25.1 Å². The second kappa shape index (κ2) is 6.59. The molecule has 1 aromatic carbocycles. The summed E-state index contributed by atoms with van der Waals surface area (Å²) in [6.07, 6.45) is 0.904. The smallest absolute Gasteiger partial charge is 0.161 e. The number of ether oxygens (including phenoxy) is 2. The molecule has 2 rings (SSSR count). The van der Waals surface area contributed by atoms with Gasteiger partial charge in [-0.05, 0) is 47.0 Å². The molecule has 0 fully saturated rings. The van der Waals surface area contributed by atoms with Crippen LogP contribution in [0.1, 0.15) is 24.1 Å². The molecule has 0 aliphatic rings. The summed E-state index contributed by atoms with van der Waals surface area (Å²) in [5, 5.41) is 4.22. The molecular formula is C15H19NO2S. The van der Waals surface area contributed by atoms with Crippen LogP contribution >= 0.6 is 11.3 Å². The lowest BCUT2D eigenvalue weighted by Crippen LogP contribution is -2.06. The van der Waals surface area contributed by atoms with Gasteiger partial charge in [0.15, 0.2) is 11.5 Å². The third-order valence-corrected chi connectivity index (χ3v) is 3.67. The summed E-state index contributed by atoms with van der Waals surface area (Å²) in [7, 11) is 1.64. The molecule has 0 unspecified atom stereocenters. The molecule has 1 aromatic heterocycles. The second-order valence-corrected chi connectivity index (χ2v) is 5.21. The maximum atomic E-state index is 5.86.